The van der Waals surface area contributed by atoms with E-state index in [1.54, 1.807) is 6.33 Å². The highest BCUT2D eigenvalue weighted by Gasteiger charge is 2.33. The Morgan fingerprint density at radius 2 is 2.33 bits per heavy atom. The number of hydrogen-bond donors (Lipinski definition) is 2. The zero-order chi connectivity index (χ0) is 12.7. The monoisotopic (exact) mass is 249 g/mol. The molecule has 2 aromatic rings. The Bertz CT molecular complexity index is 570. The second kappa shape index (κ2) is 4.18. The van der Waals surface area contributed by atoms with Crippen molar-refractivity contribution >= 4 is 17.0 Å². The van der Waals surface area contributed by atoms with Gasteiger partial charge in [-0.3, -0.25) is 4.57 Å². The highest BCUT2D eigenvalue weighted by Crippen LogP contribution is 2.34. The van der Waals surface area contributed by atoms with Gasteiger partial charge in [0.25, 0.3) is 0 Å². The molecule has 1 saturated heterocycles. The summed E-state index contributed by atoms with van der Waals surface area (Å²) in [5, 5.41) is 9.21. The maximum atomic E-state index is 9.21. The van der Waals surface area contributed by atoms with E-state index in [1.165, 1.54) is 6.33 Å². The Balaban J connectivity index is 1.99. The van der Waals surface area contributed by atoms with Crippen LogP contribution in [0.2, 0.25) is 0 Å². The van der Waals surface area contributed by atoms with Crippen LogP contribution in [0.15, 0.2) is 12.7 Å². The van der Waals surface area contributed by atoms with Crippen LogP contribution in [0.25, 0.3) is 11.2 Å². The zero-order valence-corrected chi connectivity index (χ0v) is 10.0. The van der Waals surface area contributed by atoms with Gasteiger partial charge < -0.3 is 15.6 Å². The first kappa shape index (κ1) is 11.4. The van der Waals surface area contributed by atoms with Crippen LogP contribution in [-0.2, 0) is 4.74 Å². The van der Waals surface area contributed by atoms with Gasteiger partial charge in [0, 0.05) is 0 Å². The van der Waals surface area contributed by atoms with Crippen molar-refractivity contribution in [3.63, 3.8) is 0 Å². The van der Waals surface area contributed by atoms with Crippen molar-refractivity contribution in [1.29, 1.82) is 0 Å². The van der Waals surface area contributed by atoms with E-state index in [9.17, 15) is 5.11 Å². The third-order valence-electron chi connectivity index (χ3n) is 3.42. The quantitative estimate of drug-likeness (QED) is 0.795. The number of hydrogen-bond acceptors (Lipinski definition) is 6. The number of imidazole rings is 1. The lowest BCUT2D eigenvalue weighted by Gasteiger charge is -2.13. The number of nitrogens with two attached hydrogens (primary N) is 1. The van der Waals surface area contributed by atoms with Crippen molar-refractivity contribution in [3.8, 4) is 0 Å². The molecule has 2 aromatic heterocycles. The molecule has 18 heavy (non-hydrogen) atoms. The minimum absolute atomic E-state index is 0.0292. The molecule has 3 N–H and O–H groups in total. The third-order valence-corrected chi connectivity index (χ3v) is 3.42. The first-order valence-electron chi connectivity index (χ1n) is 5.90. The van der Waals surface area contributed by atoms with Crippen molar-refractivity contribution < 1.29 is 9.84 Å². The lowest BCUT2D eigenvalue weighted by atomic mass is 10.0. The molecule has 3 atom stereocenters. The number of fused-ring (bicyclic) bond motifs is 1. The first-order valence-corrected chi connectivity index (χ1v) is 5.90. The SMILES string of the molecule is CC1C[C@H](n2cnc3c(N)ncnc32)O[C@@H]1CO. The molecule has 1 fully saturated rings. The number of nitrogen functional groups attached to an aromatic ring is 1. The summed E-state index contributed by atoms with van der Waals surface area (Å²) >= 11 is 0. The number of aliphatic hydroxyl groups is 1. The lowest BCUT2D eigenvalue weighted by Crippen LogP contribution is -2.18. The van der Waals surface area contributed by atoms with Crippen molar-refractivity contribution in [2.45, 2.75) is 25.7 Å². The molecule has 3 rings (SSSR count). The normalized spacial score (nSPS) is 28.0. The molecule has 0 radical (unpaired) electrons. The Kier molecular flexibility index (Phi) is 2.64. The molecule has 1 unspecified atom stereocenters. The molecular formula is C11H15N5O2. The maximum absolute atomic E-state index is 9.21. The summed E-state index contributed by atoms with van der Waals surface area (Å²) in [5.74, 6) is 0.667. The fourth-order valence-corrected chi connectivity index (χ4v) is 2.34. The largest absolute Gasteiger partial charge is 0.394 e. The van der Waals surface area contributed by atoms with Crippen molar-refractivity contribution in [2.75, 3.05) is 12.3 Å². The van der Waals surface area contributed by atoms with Gasteiger partial charge in [0.05, 0.1) is 19.0 Å². The molecule has 7 nitrogen and oxygen atoms in total. The van der Waals surface area contributed by atoms with Gasteiger partial charge in [-0.1, -0.05) is 6.92 Å². The van der Waals surface area contributed by atoms with Crippen LogP contribution in [0.5, 0.6) is 0 Å². The number of nitrogens with zero attached hydrogens (tertiary/aromatic N) is 4. The number of ether oxygens (including phenoxy) is 1. The van der Waals surface area contributed by atoms with E-state index in [4.69, 9.17) is 10.5 Å². The smallest absolute Gasteiger partial charge is 0.167 e. The van der Waals surface area contributed by atoms with Gasteiger partial charge in [0.2, 0.25) is 0 Å². The molecular weight excluding hydrogens is 234 g/mol. The molecule has 0 aliphatic carbocycles. The van der Waals surface area contributed by atoms with Gasteiger partial charge >= 0.3 is 0 Å². The molecule has 96 valence electrons. The molecule has 1 aliphatic rings. The predicted molar refractivity (Wildman–Crippen MR) is 64.5 cm³/mol. The molecule has 1 aliphatic heterocycles. The number of aliphatic hydroxyl groups excluding tert-OH is 1. The Morgan fingerprint density at radius 1 is 1.50 bits per heavy atom. The second-order valence-electron chi connectivity index (χ2n) is 4.61. The van der Waals surface area contributed by atoms with Crippen LogP contribution >= 0.6 is 0 Å². The minimum Gasteiger partial charge on any atom is -0.394 e. The van der Waals surface area contributed by atoms with E-state index >= 15 is 0 Å². The summed E-state index contributed by atoms with van der Waals surface area (Å²) in [6.45, 7) is 2.09. The lowest BCUT2D eigenvalue weighted by molar-refractivity contribution is -0.0277. The third kappa shape index (κ3) is 1.63. The molecule has 0 spiro atoms. The van der Waals surface area contributed by atoms with E-state index in [0.717, 1.165) is 6.42 Å². The number of aromatic nitrogens is 4. The van der Waals surface area contributed by atoms with E-state index in [1.807, 2.05) is 4.57 Å². The fourth-order valence-electron chi connectivity index (χ4n) is 2.34. The molecule has 0 saturated carbocycles. The van der Waals surface area contributed by atoms with Crippen LogP contribution in [0.3, 0.4) is 0 Å². The number of anilines is 1. The van der Waals surface area contributed by atoms with Crippen LogP contribution in [0, 0.1) is 5.92 Å². The average Bonchev–Trinajstić information content (AvgIpc) is 2.93. The van der Waals surface area contributed by atoms with Crippen LogP contribution in [-0.4, -0.2) is 37.3 Å². The summed E-state index contributed by atoms with van der Waals surface area (Å²) in [7, 11) is 0. The van der Waals surface area contributed by atoms with Crippen molar-refractivity contribution in [2.24, 2.45) is 5.92 Å². The fraction of sp³-hybridized carbons (Fsp3) is 0.545. The van der Waals surface area contributed by atoms with E-state index < -0.39 is 0 Å². The van der Waals surface area contributed by atoms with Gasteiger partial charge in [-0.15, -0.1) is 0 Å². The van der Waals surface area contributed by atoms with Gasteiger partial charge in [0.1, 0.15) is 18.1 Å². The highest BCUT2D eigenvalue weighted by atomic mass is 16.5. The topological polar surface area (TPSA) is 99.1 Å². The van der Waals surface area contributed by atoms with Gasteiger partial charge in [-0.2, -0.15) is 0 Å². The van der Waals surface area contributed by atoms with Crippen molar-refractivity contribution in [3.05, 3.63) is 12.7 Å². The Hall–Kier alpha value is -1.73. The number of rotatable bonds is 2. The molecule has 3 heterocycles. The highest BCUT2D eigenvalue weighted by molar-refractivity contribution is 5.81. The van der Waals surface area contributed by atoms with Crippen LogP contribution in [0.1, 0.15) is 19.6 Å². The average molecular weight is 249 g/mol. The summed E-state index contributed by atoms with van der Waals surface area (Å²) in [6, 6.07) is 0. The molecule has 0 bridgehead atoms. The zero-order valence-electron chi connectivity index (χ0n) is 10.0. The van der Waals surface area contributed by atoms with Crippen LogP contribution < -0.4 is 5.73 Å². The van der Waals surface area contributed by atoms with Gasteiger partial charge in [-0.25, -0.2) is 15.0 Å². The predicted octanol–water partition coefficient (Wildman–Crippen LogP) is 0.324. The summed E-state index contributed by atoms with van der Waals surface area (Å²) in [6.07, 6.45) is 3.61. The molecule has 0 aromatic carbocycles. The second-order valence-corrected chi connectivity index (χ2v) is 4.61. The Labute approximate surface area is 104 Å². The van der Waals surface area contributed by atoms with E-state index in [2.05, 4.69) is 21.9 Å². The van der Waals surface area contributed by atoms with Gasteiger partial charge in [-0.05, 0) is 12.3 Å². The first-order chi connectivity index (χ1) is 8.70. The van der Waals surface area contributed by atoms with Gasteiger partial charge in [0.15, 0.2) is 11.5 Å². The molecule has 7 heteroatoms. The summed E-state index contributed by atoms with van der Waals surface area (Å²) in [4.78, 5) is 12.3. The summed E-state index contributed by atoms with van der Waals surface area (Å²) < 4.78 is 7.63. The molecule has 0 amide bonds. The van der Waals surface area contributed by atoms with Crippen molar-refractivity contribution in [1.82, 2.24) is 19.5 Å². The maximum Gasteiger partial charge on any atom is 0.167 e. The minimum atomic E-state index is -0.156. The van der Waals surface area contributed by atoms with E-state index in [0.29, 0.717) is 22.9 Å². The van der Waals surface area contributed by atoms with Crippen LogP contribution in [0.4, 0.5) is 5.82 Å². The Morgan fingerprint density at radius 3 is 3.06 bits per heavy atom. The van der Waals surface area contributed by atoms with E-state index in [-0.39, 0.29) is 18.9 Å². The standard InChI is InChI=1S/C11H15N5O2/c1-6-2-8(18-7(6)3-17)16-5-15-9-10(12)13-4-14-11(9)16/h4-8,17H,2-3H2,1H3,(H2,12,13,14)/t6?,7-,8-/m1/s1. The summed E-state index contributed by atoms with van der Waals surface area (Å²) in [5.41, 5.74) is 6.99.